The van der Waals surface area contributed by atoms with Gasteiger partial charge in [0.1, 0.15) is 0 Å². The SMILES string of the molecule is CC(C)CC1NC(C(C)C)N(C2CCN(C)CC2)C1=O. The molecular formula is C16H31N3O. The van der Waals surface area contributed by atoms with Crippen LogP contribution >= 0.6 is 0 Å². The van der Waals surface area contributed by atoms with Crippen molar-refractivity contribution in [2.75, 3.05) is 20.1 Å². The van der Waals surface area contributed by atoms with Gasteiger partial charge >= 0.3 is 0 Å². The largest absolute Gasteiger partial charge is 0.322 e. The molecule has 2 aliphatic rings. The van der Waals surface area contributed by atoms with Crippen LogP contribution in [-0.2, 0) is 4.79 Å². The van der Waals surface area contributed by atoms with E-state index in [1.54, 1.807) is 0 Å². The molecule has 0 bridgehead atoms. The predicted octanol–water partition coefficient (Wildman–Crippen LogP) is 1.91. The van der Waals surface area contributed by atoms with Gasteiger partial charge in [-0.3, -0.25) is 10.1 Å². The van der Waals surface area contributed by atoms with E-state index in [9.17, 15) is 4.79 Å². The van der Waals surface area contributed by atoms with Crippen molar-refractivity contribution in [2.45, 2.75) is 65.2 Å². The lowest BCUT2D eigenvalue weighted by atomic mass is 10.00. The second kappa shape index (κ2) is 6.44. The van der Waals surface area contributed by atoms with Crippen LogP contribution in [0.5, 0.6) is 0 Å². The molecule has 116 valence electrons. The zero-order chi connectivity index (χ0) is 14.9. The molecule has 0 saturated carbocycles. The molecule has 20 heavy (non-hydrogen) atoms. The van der Waals surface area contributed by atoms with Gasteiger partial charge in [-0.25, -0.2) is 0 Å². The third kappa shape index (κ3) is 3.34. The Labute approximate surface area is 123 Å². The summed E-state index contributed by atoms with van der Waals surface area (Å²) in [7, 11) is 2.17. The molecule has 0 aliphatic carbocycles. The lowest BCUT2D eigenvalue weighted by Crippen LogP contribution is -2.51. The minimum Gasteiger partial charge on any atom is -0.322 e. The van der Waals surface area contributed by atoms with E-state index >= 15 is 0 Å². The van der Waals surface area contributed by atoms with Crippen LogP contribution in [0.3, 0.4) is 0 Å². The molecule has 4 nitrogen and oxygen atoms in total. The van der Waals surface area contributed by atoms with Crippen LogP contribution in [-0.4, -0.2) is 54.1 Å². The highest BCUT2D eigenvalue weighted by Crippen LogP contribution is 2.27. The first kappa shape index (κ1) is 15.8. The molecule has 0 aromatic rings. The number of carbonyl (C=O) groups excluding carboxylic acids is 1. The fourth-order valence-corrected chi connectivity index (χ4v) is 3.51. The van der Waals surface area contributed by atoms with Gasteiger partial charge in [0.15, 0.2) is 0 Å². The number of rotatable bonds is 4. The first-order valence-electron chi connectivity index (χ1n) is 8.17. The Morgan fingerprint density at radius 2 is 1.80 bits per heavy atom. The molecule has 0 spiro atoms. The Hall–Kier alpha value is -0.610. The summed E-state index contributed by atoms with van der Waals surface area (Å²) in [5.74, 6) is 1.37. The van der Waals surface area contributed by atoms with Crippen LogP contribution < -0.4 is 5.32 Å². The molecule has 0 radical (unpaired) electrons. The Morgan fingerprint density at radius 1 is 1.20 bits per heavy atom. The van der Waals surface area contributed by atoms with Crippen molar-refractivity contribution in [1.29, 1.82) is 0 Å². The molecular weight excluding hydrogens is 250 g/mol. The van der Waals surface area contributed by atoms with E-state index < -0.39 is 0 Å². The van der Waals surface area contributed by atoms with Gasteiger partial charge in [0.05, 0.1) is 12.2 Å². The molecule has 0 aromatic heterocycles. The minimum atomic E-state index is 0.0297. The number of piperidine rings is 1. The number of likely N-dealkylation sites (tertiary alicyclic amines) is 1. The number of hydrogen-bond donors (Lipinski definition) is 1. The fraction of sp³-hybridized carbons (Fsp3) is 0.938. The lowest BCUT2D eigenvalue weighted by molar-refractivity contribution is -0.134. The van der Waals surface area contributed by atoms with E-state index in [1.807, 2.05) is 0 Å². The summed E-state index contributed by atoms with van der Waals surface area (Å²) < 4.78 is 0. The third-order valence-corrected chi connectivity index (χ3v) is 4.64. The number of amides is 1. The van der Waals surface area contributed by atoms with Gasteiger partial charge in [0, 0.05) is 6.04 Å². The summed E-state index contributed by atoms with van der Waals surface area (Å²) in [4.78, 5) is 17.3. The highest BCUT2D eigenvalue weighted by Gasteiger charge is 2.43. The number of nitrogens with one attached hydrogen (secondary N) is 1. The van der Waals surface area contributed by atoms with Crippen molar-refractivity contribution in [2.24, 2.45) is 11.8 Å². The van der Waals surface area contributed by atoms with Crippen molar-refractivity contribution in [3.05, 3.63) is 0 Å². The van der Waals surface area contributed by atoms with Crippen LogP contribution in [0, 0.1) is 11.8 Å². The van der Waals surface area contributed by atoms with E-state index in [0.717, 1.165) is 32.4 Å². The monoisotopic (exact) mass is 281 g/mol. The average Bonchev–Trinajstić information content (AvgIpc) is 2.68. The number of hydrogen-bond acceptors (Lipinski definition) is 3. The Morgan fingerprint density at radius 3 is 2.30 bits per heavy atom. The maximum Gasteiger partial charge on any atom is 0.241 e. The van der Waals surface area contributed by atoms with Gasteiger partial charge in [-0.1, -0.05) is 27.7 Å². The second-order valence-corrected chi connectivity index (χ2v) is 7.32. The fourth-order valence-electron chi connectivity index (χ4n) is 3.51. The topological polar surface area (TPSA) is 35.6 Å². The summed E-state index contributed by atoms with van der Waals surface area (Å²) in [5.41, 5.74) is 0. The average molecular weight is 281 g/mol. The molecule has 2 heterocycles. The van der Waals surface area contributed by atoms with Gasteiger partial charge in [-0.2, -0.15) is 0 Å². The quantitative estimate of drug-likeness (QED) is 0.855. The molecule has 2 saturated heterocycles. The summed E-state index contributed by atoms with van der Waals surface area (Å²) in [6.45, 7) is 11.0. The van der Waals surface area contributed by atoms with E-state index in [-0.39, 0.29) is 12.2 Å². The highest BCUT2D eigenvalue weighted by molar-refractivity contribution is 5.84. The Balaban J connectivity index is 2.09. The Kier molecular flexibility index (Phi) is 5.08. The van der Waals surface area contributed by atoms with Crippen LogP contribution in [0.25, 0.3) is 0 Å². The summed E-state index contributed by atoms with van der Waals surface area (Å²) in [6.07, 6.45) is 3.40. The molecule has 2 rings (SSSR count). The lowest BCUT2D eigenvalue weighted by Gasteiger charge is -2.39. The maximum absolute atomic E-state index is 12.8. The van der Waals surface area contributed by atoms with Crippen molar-refractivity contribution < 1.29 is 4.79 Å². The van der Waals surface area contributed by atoms with Crippen LogP contribution in [0.15, 0.2) is 0 Å². The molecule has 2 fully saturated rings. The molecule has 1 amide bonds. The van der Waals surface area contributed by atoms with E-state index in [4.69, 9.17) is 0 Å². The zero-order valence-corrected chi connectivity index (χ0v) is 13.7. The Bertz CT molecular complexity index is 335. The molecule has 2 atom stereocenters. The number of carbonyl (C=O) groups is 1. The first-order valence-corrected chi connectivity index (χ1v) is 8.17. The van der Waals surface area contributed by atoms with Crippen molar-refractivity contribution in [1.82, 2.24) is 15.1 Å². The van der Waals surface area contributed by atoms with Gasteiger partial charge in [0.25, 0.3) is 0 Å². The highest BCUT2D eigenvalue weighted by atomic mass is 16.2. The summed E-state index contributed by atoms with van der Waals surface area (Å²) >= 11 is 0. The van der Waals surface area contributed by atoms with Crippen molar-refractivity contribution in [3.63, 3.8) is 0 Å². The summed E-state index contributed by atoms with van der Waals surface area (Å²) in [5, 5.41) is 3.59. The van der Waals surface area contributed by atoms with E-state index in [1.165, 1.54) is 0 Å². The normalized spacial score (nSPS) is 29.9. The van der Waals surface area contributed by atoms with Crippen LogP contribution in [0.4, 0.5) is 0 Å². The number of nitrogens with zero attached hydrogens (tertiary/aromatic N) is 2. The molecule has 2 aliphatic heterocycles. The second-order valence-electron chi connectivity index (χ2n) is 7.32. The standard InChI is InChI=1S/C16H31N3O/c1-11(2)10-14-16(20)19(15(17-14)12(3)4)13-6-8-18(5)9-7-13/h11-15,17H,6-10H2,1-5H3. The van der Waals surface area contributed by atoms with Crippen LogP contribution in [0.2, 0.25) is 0 Å². The third-order valence-electron chi connectivity index (χ3n) is 4.64. The van der Waals surface area contributed by atoms with E-state index in [2.05, 4.69) is 49.9 Å². The molecule has 1 N–H and O–H groups in total. The molecule has 4 heteroatoms. The molecule has 0 aromatic carbocycles. The maximum atomic E-state index is 12.8. The molecule has 2 unspecified atom stereocenters. The van der Waals surface area contributed by atoms with Crippen molar-refractivity contribution in [3.8, 4) is 0 Å². The van der Waals surface area contributed by atoms with Crippen LogP contribution in [0.1, 0.15) is 47.0 Å². The minimum absolute atomic E-state index is 0.0297. The van der Waals surface area contributed by atoms with Crippen molar-refractivity contribution >= 4 is 5.91 Å². The first-order chi connectivity index (χ1) is 9.40. The van der Waals surface area contributed by atoms with Gasteiger partial charge < -0.3 is 9.80 Å². The smallest absolute Gasteiger partial charge is 0.241 e. The van der Waals surface area contributed by atoms with Gasteiger partial charge in [-0.05, 0) is 51.2 Å². The van der Waals surface area contributed by atoms with Gasteiger partial charge in [0.2, 0.25) is 5.91 Å². The zero-order valence-electron chi connectivity index (χ0n) is 13.7. The summed E-state index contributed by atoms with van der Waals surface area (Å²) in [6, 6.07) is 0.456. The van der Waals surface area contributed by atoms with E-state index in [0.29, 0.717) is 23.8 Å². The predicted molar refractivity (Wildman–Crippen MR) is 82.4 cm³/mol. The van der Waals surface area contributed by atoms with Gasteiger partial charge in [-0.15, -0.1) is 0 Å².